The van der Waals surface area contributed by atoms with Gasteiger partial charge >= 0.3 is 0 Å². The van der Waals surface area contributed by atoms with Gasteiger partial charge in [-0.2, -0.15) is 12.6 Å². The molecule has 4 N–H and O–H groups in total. The van der Waals surface area contributed by atoms with E-state index in [4.69, 9.17) is 15.9 Å². The molecule has 0 bridgehead atoms. The number of ketones is 1. The molecule has 1 aromatic rings. The van der Waals surface area contributed by atoms with Gasteiger partial charge in [0.05, 0.1) is 6.04 Å². The summed E-state index contributed by atoms with van der Waals surface area (Å²) in [4.78, 5) is 11.5. The summed E-state index contributed by atoms with van der Waals surface area (Å²) in [5, 5.41) is 18.2. The van der Waals surface area contributed by atoms with Crippen LogP contribution in [0.2, 0.25) is 0 Å². The Morgan fingerprint density at radius 2 is 2.07 bits per heavy atom. The van der Waals surface area contributed by atoms with Crippen molar-refractivity contribution in [2.45, 2.75) is 6.04 Å². The van der Waals surface area contributed by atoms with Crippen molar-refractivity contribution in [2.75, 3.05) is 5.75 Å². The van der Waals surface area contributed by atoms with E-state index in [0.717, 1.165) is 0 Å². The molecule has 0 unspecified atom stereocenters. The Bertz CT molecular complexity index is 354. The Morgan fingerprint density at radius 3 is 2.57 bits per heavy atom. The van der Waals surface area contributed by atoms with Crippen molar-refractivity contribution in [1.29, 1.82) is 0 Å². The number of phenols is 2. The zero-order valence-electron chi connectivity index (χ0n) is 7.34. The normalized spacial score (nSPS) is 12.4. The monoisotopic (exact) mass is 213 g/mol. The van der Waals surface area contributed by atoms with Gasteiger partial charge in [-0.25, -0.2) is 0 Å². The van der Waals surface area contributed by atoms with Crippen LogP contribution in [-0.2, 0) is 0 Å². The first-order valence-electron chi connectivity index (χ1n) is 3.99. The number of hydrogen-bond acceptors (Lipinski definition) is 5. The van der Waals surface area contributed by atoms with E-state index in [-0.39, 0.29) is 28.6 Å². The van der Waals surface area contributed by atoms with Crippen molar-refractivity contribution >= 4 is 18.4 Å². The minimum atomic E-state index is -0.692. The Hall–Kier alpha value is -1.20. The van der Waals surface area contributed by atoms with Crippen LogP contribution < -0.4 is 5.73 Å². The third-order valence-corrected chi connectivity index (χ3v) is 2.19. The Morgan fingerprint density at radius 1 is 1.43 bits per heavy atom. The number of hydrogen-bond donors (Lipinski definition) is 4. The summed E-state index contributed by atoms with van der Waals surface area (Å²) in [6.45, 7) is 0. The highest BCUT2D eigenvalue weighted by molar-refractivity contribution is 7.80. The van der Waals surface area contributed by atoms with E-state index in [1.165, 1.54) is 18.2 Å². The fourth-order valence-corrected chi connectivity index (χ4v) is 1.14. The van der Waals surface area contributed by atoms with Gasteiger partial charge in [-0.15, -0.1) is 0 Å². The molecule has 0 saturated heterocycles. The first-order chi connectivity index (χ1) is 6.56. The molecule has 0 aliphatic heterocycles. The number of carbonyl (C=O) groups is 1. The van der Waals surface area contributed by atoms with E-state index < -0.39 is 6.04 Å². The third-order valence-electron chi connectivity index (χ3n) is 1.79. The molecule has 0 spiro atoms. The Balaban J connectivity index is 2.97. The summed E-state index contributed by atoms with van der Waals surface area (Å²) in [5.74, 6) is -0.668. The second-order valence-electron chi connectivity index (χ2n) is 2.86. The van der Waals surface area contributed by atoms with Crippen LogP contribution >= 0.6 is 12.6 Å². The van der Waals surface area contributed by atoms with E-state index in [2.05, 4.69) is 12.6 Å². The SMILES string of the molecule is N[C@H](CS)C(=O)c1ccc(O)c(O)c1. The van der Waals surface area contributed by atoms with E-state index in [1.807, 2.05) is 0 Å². The highest BCUT2D eigenvalue weighted by Crippen LogP contribution is 2.25. The van der Waals surface area contributed by atoms with Crippen molar-refractivity contribution < 1.29 is 15.0 Å². The maximum atomic E-state index is 11.5. The molecule has 14 heavy (non-hydrogen) atoms. The number of carbonyl (C=O) groups excluding carboxylic acids is 1. The molecular weight excluding hydrogens is 202 g/mol. The number of Topliss-reactive ketones (excluding diaryl/α,β-unsaturated/α-hetero) is 1. The lowest BCUT2D eigenvalue weighted by Crippen LogP contribution is -2.32. The summed E-state index contributed by atoms with van der Waals surface area (Å²) in [6, 6.07) is 3.14. The van der Waals surface area contributed by atoms with Crippen LogP contribution in [0.5, 0.6) is 11.5 Å². The molecule has 0 fully saturated rings. The zero-order valence-corrected chi connectivity index (χ0v) is 8.24. The second kappa shape index (κ2) is 4.34. The molecule has 1 atom stereocenters. The van der Waals surface area contributed by atoms with Gasteiger partial charge in [0, 0.05) is 11.3 Å². The lowest BCUT2D eigenvalue weighted by molar-refractivity contribution is 0.0969. The van der Waals surface area contributed by atoms with E-state index in [1.54, 1.807) is 0 Å². The average molecular weight is 213 g/mol. The summed E-state index contributed by atoms with van der Waals surface area (Å²) in [7, 11) is 0. The molecule has 0 radical (unpaired) electrons. The minimum absolute atomic E-state index is 0.237. The van der Waals surface area contributed by atoms with Crippen LogP contribution in [0.1, 0.15) is 10.4 Å². The van der Waals surface area contributed by atoms with Crippen LogP contribution in [0.4, 0.5) is 0 Å². The average Bonchev–Trinajstić information content (AvgIpc) is 2.20. The van der Waals surface area contributed by atoms with Crippen molar-refractivity contribution in [1.82, 2.24) is 0 Å². The zero-order chi connectivity index (χ0) is 10.7. The van der Waals surface area contributed by atoms with Gasteiger partial charge in [0.15, 0.2) is 17.3 Å². The maximum absolute atomic E-state index is 11.5. The van der Waals surface area contributed by atoms with Crippen LogP contribution in [0.25, 0.3) is 0 Å². The lowest BCUT2D eigenvalue weighted by atomic mass is 10.1. The molecule has 76 valence electrons. The molecule has 4 nitrogen and oxygen atoms in total. The van der Waals surface area contributed by atoms with Crippen LogP contribution in [-0.4, -0.2) is 27.8 Å². The number of phenolic OH excluding ortho intramolecular Hbond substituents is 2. The van der Waals surface area contributed by atoms with Gasteiger partial charge in [-0.1, -0.05) is 0 Å². The fraction of sp³-hybridized carbons (Fsp3) is 0.222. The fourth-order valence-electron chi connectivity index (χ4n) is 0.974. The first-order valence-corrected chi connectivity index (χ1v) is 4.62. The van der Waals surface area contributed by atoms with E-state index in [0.29, 0.717) is 0 Å². The predicted octanol–water partition coefficient (Wildman–Crippen LogP) is 0.538. The minimum Gasteiger partial charge on any atom is -0.504 e. The van der Waals surface area contributed by atoms with Gasteiger partial charge in [-0.05, 0) is 18.2 Å². The smallest absolute Gasteiger partial charge is 0.180 e. The van der Waals surface area contributed by atoms with Gasteiger partial charge in [0.2, 0.25) is 0 Å². The Kier molecular flexibility index (Phi) is 3.38. The number of thiol groups is 1. The topological polar surface area (TPSA) is 83.6 Å². The molecular formula is C9H11NO3S. The van der Waals surface area contributed by atoms with Gasteiger partial charge in [0.25, 0.3) is 0 Å². The van der Waals surface area contributed by atoms with Gasteiger partial charge in [0.1, 0.15) is 0 Å². The summed E-state index contributed by atoms with van der Waals surface area (Å²) >= 11 is 3.89. The van der Waals surface area contributed by atoms with Crippen LogP contribution in [0, 0.1) is 0 Å². The maximum Gasteiger partial charge on any atom is 0.180 e. The Labute approximate surface area is 86.8 Å². The van der Waals surface area contributed by atoms with Gasteiger partial charge < -0.3 is 15.9 Å². The molecule has 0 aliphatic carbocycles. The molecule has 1 aromatic carbocycles. The van der Waals surface area contributed by atoms with Crippen LogP contribution in [0.3, 0.4) is 0 Å². The van der Waals surface area contributed by atoms with Gasteiger partial charge in [-0.3, -0.25) is 4.79 Å². The van der Waals surface area contributed by atoms with E-state index in [9.17, 15) is 4.79 Å². The third kappa shape index (κ3) is 2.18. The molecule has 1 rings (SSSR count). The van der Waals surface area contributed by atoms with Crippen molar-refractivity contribution in [3.05, 3.63) is 23.8 Å². The molecule has 0 aromatic heterocycles. The quantitative estimate of drug-likeness (QED) is 0.335. The highest BCUT2D eigenvalue weighted by Gasteiger charge is 2.15. The number of aromatic hydroxyl groups is 2. The van der Waals surface area contributed by atoms with Crippen molar-refractivity contribution in [2.24, 2.45) is 5.73 Å². The predicted molar refractivity (Wildman–Crippen MR) is 55.9 cm³/mol. The van der Waals surface area contributed by atoms with Crippen LogP contribution in [0.15, 0.2) is 18.2 Å². The molecule has 0 amide bonds. The molecule has 5 heteroatoms. The first kappa shape index (κ1) is 10.9. The molecule has 0 saturated carbocycles. The molecule has 0 aliphatic rings. The number of benzene rings is 1. The summed E-state index contributed by atoms with van der Waals surface area (Å²) in [5.41, 5.74) is 5.73. The molecule has 0 heterocycles. The summed E-state index contributed by atoms with van der Waals surface area (Å²) < 4.78 is 0. The number of rotatable bonds is 3. The van der Waals surface area contributed by atoms with E-state index >= 15 is 0 Å². The summed E-state index contributed by atoms with van der Waals surface area (Å²) in [6.07, 6.45) is 0. The van der Waals surface area contributed by atoms with Crippen molar-refractivity contribution in [3.63, 3.8) is 0 Å². The lowest BCUT2D eigenvalue weighted by Gasteiger charge is -2.07. The largest absolute Gasteiger partial charge is 0.504 e. The number of nitrogens with two attached hydrogens (primary N) is 1. The standard InChI is InChI=1S/C9H11NO3S/c10-6(4-14)9(13)5-1-2-7(11)8(12)3-5/h1-3,6,11-12,14H,4,10H2/t6-/m1/s1. The van der Waals surface area contributed by atoms with Crippen molar-refractivity contribution in [3.8, 4) is 11.5 Å². The second-order valence-corrected chi connectivity index (χ2v) is 3.22. The highest BCUT2D eigenvalue weighted by atomic mass is 32.1.